The van der Waals surface area contributed by atoms with Gasteiger partial charge in [0.25, 0.3) is 0 Å². The molecule has 0 atom stereocenters. The summed E-state index contributed by atoms with van der Waals surface area (Å²) in [5.74, 6) is 0. The fourth-order valence-electron chi connectivity index (χ4n) is 1.32. The van der Waals surface area contributed by atoms with Crippen LogP contribution in [-0.2, 0) is 28.4 Å². The topological polar surface area (TPSA) is 55.4 Å². The molecule has 0 amide bonds. The van der Waals surface area contributed by atoms with Gasteiger partial charge in [0.2, 0.25) is 0 Å². The Morgan fingerprint density at radius 2 is 0.417 bits per heavy atom. The number of hydrogen-bond donors (Lipinski definition) is 0. The van der Waals surface area contributed by atoms with E-state index in [1.165, 1.54) is 0 Å². The van der Waals surface area contributed by atoms with E-state index < -0.39 is 0 Å². The molecule has 1 fully saturated rings. The van der Waals surface area contributed by atoms with Gasteiger partial charge in [-0.25, -0.2) is 0 Å². The predicted octanol–water partition coefficient (Wildman–Crippen LogP) is -2.35. The molecule has 0 aromatic rings. The minimum absolute atomic E-state index is 0. The van der Waals surface area contributed by atoms with Crippen LogP contribution in [0.15, 0.2) is 0 Å². The van der Waals surface area contributed by atoms with Crippen LogP contribution in [0.4, 0.5) is 0 Å². The second-order valence-corrected chi connectivity index (χ2v) is 3.67. The van der Waals surface area contributed by atoms with Gasteiger partial charge in [0.05, 0.1) is 79.3 Å². The van der Waals surface area contributed by atoms with Gasteiger partial charge in [0, 0.05) is 74.5 Å². The molecule has 0 aromatic heterocycles. The second-order valence-electron chi connectivity index (χ2n) is 3.67. The average Bonchev–Trinajstić information content (AvgIpc) is 2.59. The van der Waals surface area contributed by atoms with Crippen LogP contribution in [0.5, 0.6) is 0 Å². The quantitative estimate of drug-likeness (QED) is 0.201. The van der Waals surface area contributed by atoms with Gasteiger partial charge in [0.1, 0.15) is 0 Å². The van der Waals surface area contributed by atoms with Crippen LogP contribution in [0.1, 0.15) is 0 Å². The number of rotatable bonds is 0. The maximum atomic E-state index is 5.33. The van der Waals surface area contributed by atoms with E-state index in [0.29, 0.717) is 79.3 Å². The van der Waals surface area contributed by atoms with Crippen LogP contribution in [0.2, 0.25) is 0 Å². The van der Waals surface area contributed by atoms with E-state index in [1.54, 1.807) is 0 Å². The summed E-state index contributed by atoms with van der Waals surface area (Å²) in [7, 11) is 0. The normalized spacial score (nSPS) is 18.5. The number of halogens is 5. The molecule has 6 nitrogen and oxygen atoms in total. The first kappa shape index (κ1) is 36.4. The van der Waals surface area contributed by atoms with Crippen molar-refractivity contribution < 1.29 is 104 Å². The van der Waals surface area contributed by atoms with Gasteiger partial charge in [-0.05, 0) is 0 Å². The van der Waals surface area contributed by atoms with E-state index >= 15 is 0 Å². The molecular weight excluding hydrogens is 914 g/mol. The third-order valence-corrected chi connectivity index (χ3v) is 2.23. The van der Waals surface area contributed by atoms with Crippen LogP contribution >= 0.6 is 74.5 Å². The second kappa shape index (κ2) is 38.6. The zero-order valence-electron chi connectivity index (χ0n) is 13.8. The molecule has 1 rings (SSSR count). The van der Waals surface area contributed by atoms with Crippen molar-refractivity contribution in [3.63, 3.8) is 0 Å². The predicted molar refractivity (Wildman–Crippen MR) is 121 cm³/mol. The monoisotopic (exact) mass is 938 g/mol. The van der Waals surface area contributed by atoms with Gasteiger partial charge in [-0.3, -0.25) is 0 Å². The van der Waals surface area contributed by atoms with E-state index in [2.05, 4.69) is 74.5 Å². The van der Waals surface area contributed by atoms with Crippen LogP contribution in [0.3, 0.4) is 0 Å². The average molecular weight is 938 g/mol. The van der Waals surface area contributed by atoms with Gasteiger partial charge >= 0.3 is 51.4 Å². The van der Waals surface area contributed by atoms with Crippen LogP contribution < -0.4 is 75.4 Å². The summed E-state index contributed by atoms with van der Waals surface area (Å²) in [5, 5.41) is 0. The van der Waals surface area contributed by atoms with E-state index in [-0.39, 0.29) is 75.4 Å². The van der Waals surface area contributed by atoms with Gasteiger partial charge in [0.15, 0.2) is 0 Å². The first-order chi connectivity index (χ1) is 11.0. The molecule has 0 bridgehead atoms. The summed E-state index contributed by atoms with van der Waals surface area (Å²) >= 11 is 8.48. The third kappa shape index (κ3) is 34.5. The van der Waals surface area contributed by atoms with Crippen LogP contribution in [-0.4, -0.2) is 79.3 Å². The maximum absolute atomic E-state index is 5.33. The Bertz CT molecular complexity index is 115. The Labute approximate surface area is 252 Å². The molecule has 0 saturated carbocycles. The van der Waals surface area contributed by atoms with Crippen molar-refractivity contribution in [1.82, 2.24) is 0 Å². The summed E-state index contributed by atoms with van der Waals surface area (Å²) in [4.78, 5) is 0. The number of ether oxygens (including phenoxy) is 6. The SMILES string of the molecule is C1COCCOCCOCCOCCOCCO1.II.II.[I-].[K+]. The fourth-order valence-corrected chi connectivity index (χ4v) is 1.32. The Morgan fingerprint density at radius 1 is 0.333 bits per heavy atom. The van der Waals surface area contributed by atoms with Crippen molar-refractivity contribution in [1.29, 1.82) is 0 Å². The van der Waals surface area contributed by atoms with Crippen molar-refractivity contribution in [2.75, 3.05) is 79.3 Å². The molecule has 24 heavy (non-hydrogen) atoms. The summed E-state index contributed by atoms with van der Waals surface area (Å²) in [6.45, 7) is 7.04. The van der Waals surface area contributed by atoms with Crippen molar-refractivity contribution >= 4 is 74.5 Å². The Morgan fingerprint density at radius 3 is 0.500 bits per heavy atom. The standard InChI is InChI=1S/C12H24O6.2I2.HI.K/c1-2-14-5-6-16-9-10-18-12-11-17-8-7-15-4-3-13-1;2*1-2;;/h1-12H2;;;1H;/q;;;;+1/p-1. The summed E-state index contributed by atoms with van der Waals surface area (Å²) in [6.07, 6.45) is 0. The zero-order chi connectivity index (χ0) is 16.7. The van der Waals surface area contributed by atoms with E-state index in [4.69, 9.17) is 28.4 Å². The van der Waals surface area contributed by atoms with Crippen molar-refractivity contribution in [2.45, 2.75) is 0 Å². The molecule has 1 aliphatic rings. The molecule has 1 saturated heterocycles. The molecule has 0 N–H and O–H groups in total. The molecule has 0 radical (unpaired) electrons. The first-order valence-corrected chi connectivity index (χ1v) is 19.3. The molecule has 0 aromatic carbocycles. The van der Waals surface area contributed by atoms with E-state index in [1.807, 2.05) is 0 Å². The minimum atomic E-state index is 0. The number of hydrogen-bond acceptors (Lipinski definition) is 6. The molecule has 12 heteroatoms. The maximum Gasteiger partial charge on any atom is 1.00 e. The summed E-state index contributed by atoms with van der Waals surface area (Å²) in [6, 6.07) is 0. The Kier molecular flexibility index (Phi) is 58.6. The molecule has 144 valence electrons. The van der Waals surface area contributed by atoms with Crippen molar-refractivity contribution in [3.8, 4) is 0 Å². The van der Waals surface area contributed by atoms with E-state index in [9.17, 15) is 0 Å². The van der Waals surface area contributed by atoms with Crippen LogP contribution in [0, 0.1) is 0 Å². The third-order valence-electron chi connectivity index (χ3n) is 2.23. The zero-order valence-corrected chi connectivity index (χ0v) is 27.7. The largest absolute Gasteiger partial charge is 1.00 e. The molecule has 0 unspecified atom stereocenters. The van der Waals surface area contributed by atoms with Gasteiger partial charge in [-0.15, -0.1) is 0 Å². The van der Waals surface area contributed by atoms with Gasteiger partial charge in [-0.1, -0.05) is 0 Å². The molecular formula is C12H24I5KO6. The minimum Gasteiger partial charge on any atom is -1.00 e. The van der Waals surface area contributed by atoms with Crippen LogP contribution in [0.25, 0.3) is 0 Å². The first-order valence-electron chi connectivity index (χ1n) is 6.75. The molecule has 0 aliphatic carbocycles. The molecule has 1 aliphatic heterocycles. The Hall–Kier alpha value is 5.05. The van der Waals surface area contributed by atoms with Crippen molar-refractivity contribution in [3.05, 3.63) is 0 Å². The van der Waals surface area contributed by atoms with Gasteiger partial charge in [-0.2, -0.15) is 0 Å². The smallest absolute Gasteiger partial charge is 1.00 e. The van der Waals surface area contributed by atoms with E-state index in [0.717, 1.165) is 0 Å². The Balaban J connectivity index is -0.000000309. The molecule has 0 spiro atoms. The molecule has 1 heterocycles. The van der Waals surface area contributed by atoms with Crippen molar-refractivity contribution in [2.24, 2.45) is 0 Å². The fraction of sp³-hybridized carbons (Fsp3) is 1.00. The summed E-state index contributed by atoms with van der Waals surface area (Å²) in [5.41, 5.74) is 0. The summed E-state index contributed by atoms with van der Waals surface area (Å²) < 4.78 is 32.0. The van der Waals surface area contributed by atoms with Gasteiger partial charge < -0.3 is 52.4 Å².